The Bertz CT molecular complexity index is 1070. The third-order valence-electron chi connectivity index (χ3n) is 4.49. The largest absolute Gasteiger partial charge is 0.465 e. The number of ether oxygens (including phenoxy) is 1. The van der Waals surface area contributed by atoms with Gasteiger partial charge in [0.1, 0.15) is 6.54 Å². The van der Waals surface area contributed by atoms with Crippen molar-refractivity contribution in [3.05, 3.63) is 64.3 Å². The van der Waals surface area contributed by atoms with E-state index >= 15 is 0 Å². The van der Waals surface area contributed by atoms with E-state index in [1.165, 1.54) is 19.2 Å². The molecule has 0 aliphatic heterocycles. The average Bonchev–Trinajstić information content (AvgIpc) is 3.06. The molecule has 6 nitrogen and oxygen atoms in total. The van der Waals surface area contributed by atoms with Crippen molar-refractivity contribution in [2.75, 3.05) is 12.4 Å². The van der Waals surface area contributed by atoms with Gasteiger partial charge in [0.05, 0.1) is 23.2 Å². The van der Waals surface area contributed by atoms with Gasteiger partial charge in [-0.1, -0.05) is 36.7 Å². The van der Waals surface area contributed by atoms with Crippen LogP contribution in [0.2, 0.25) is 5.02 Å². The summed E-state index contributed by atoms with van der Waals surface area (Å²) in [4.78, 5) is 35.8. The van der Waals surface area contributed by atoms with Gasteiger partial charge < -0.3 is 14.6 Å². The summed E-state index contributed by atoms with van der Waals surface area (Å²) in [6.07, 6.45) is 3.25. The van der Waals surface area contributed by atoms with Crippen LogP contribution >= 0.6 is 11.6 Å². The molecule has 0 fully saturated rings. The quantitative estimate of drug-likeness (QED) is 0.501. The van der Waals surface area contributed by atoms with Gasteiger partial charge in [0, 0.05) is 22.8 Å². The molecule has 0 radical (unpaired) electrons. The molecule has 1 N–H and O–H groups in total. The summed E-state index contributed by atoms with van der Waals surface area (Å²) in [6.45, 7) is 2.05. The van der Waals surface area contributed by atoms with Crippen LogP contribution in [0.15, 0.2) is 42.6 Å². The number of anilines is 1. The second-order valence-electron chi connectivity index (χ2n) is 6.23. The summed E-state index contributed by atoms with van der Waals surface area (Å²) in [5.74, 6) is -0.876. The topological polar surface area (TPSA) is 77.4 Å². The Morgan fingerprint density at radius 2 is 2.04 bits per heavy atom. The number of esters is 1. The maximum atomic E-state index is 12.6. The summed E-state index contributed by atoms with van der Waals surface area (Å²) >= 11 is 6.00. The number of hydrogen-bond acceptors (Lipinski definition) is 4. The maximum absolute atomic E-state index is 12.6. The zero-order chi connectivity index (χ0) is 20.3. The Morgan fingerprint density at radius 1 is 1.25 bits per heavy atom. The van der Waals surface area contributed by atoms with Gasteiger partial charge >= 0.3 is 5.97 Å². The molecule has 3 rings (SSSR count). The molecule has 3 aromatic rings. The van der Waals surface area contributed by atoms with E-state index in [1.54, 1.807) is 16.8 Å². The predicted molar refractivity (Wildman–Crippen MR) is 108 cm³/mol. The van der Waals surface area contributed by atoms with E-state index in [0.29, 0.717) is 11.3 Å². The highest BCUT2D eigenvalue weighted by molar-refractivity contribution is 6.33. The van der Waals surface area contributed by atoms with Crippen LogP contribution < -0.4 is 5.32 Å². The molecular formula is C21H19ClN2O4. The van der Waals surface area contributed by atoms with E-state index < -0.39 is 5.97 Å². The minimum atomic E-state index is -0.583. The zero-order valence-corrected chi connectivity index (χ0v) is 16.2. The molecule has 0 saturated heterocycles. The summed E-state index contributed by atoms with van der Waals surface area (Å²) in [5.41, 5.74) is 3.06. The van der Waals surface area contributed by atoms with Gasteiger partial charge in [-0.2, -0.15) is 0 Å². The number of nitrogens with one attached hydrogen (secondary N) is 1. The Morgan fingerprint density at radius 3 is 2.71 bits per heavy atom. The number of amides is 1. The monoisotopic (exact) mass is 398 g/mol. The minimum absolute atomic E-state index is 0.0253. The van der Waals surface area contributed by atoms with Crippen molar-refractivity contribution >= 4 is 46.4 Å². The molecule has 1 amide bonds. The molecule has 0 saturated carbocycles. The number of benzene rings is 2. The second-order valence-corrected chi connectivity index (χ2v) is 6.64. The summed E-state index contributed by atoms with van der Waals surface area (Å²) < 4.78 is 6.46. The molecular weight excluding hydrogens is 380 g/mol. The van der Waals surface area contributed by atoms with E-state index in [1.807, 2.05) is 25.1 Å². The summed E-state index contributed by atoms with van der Waals surface area (Å²) in [5, 5.41) is 3.81. The van der Waals surface area contributed by atoms with Crippen LogP contribution in [0.5, 0.6) is 0 Å². The normalized spacial score (nSPS) is 10.7. The van der Waals surface area contributed by atoms with Gasteiger partial charge in [-0.3, -0.25) is 9.59 Å². The van der Waals surface area contributed by atoms with E-state index in [-0.39, 0.29) is 23.0 Å². The first kappa shape index (κ1) is 19.6. The van der Waals surface area contributed by atoms with Gasteiger partial charge in [-0.25, -0.2) is 4.79 Å². The summed E-state index contributed by atoms with van der Waals surface area (Å²) in [6, 6.07) is 10.3. The SMILES string of the molecule is CCc1cccc2c(C=O)cn(CC(=O)Nc3ccc(Cl)c(C(=O)OC)c3)c12. The van der Waals surface area contributed by atoms with Crippen molar-refractivity contribution in [2.24, 2.45) is 0 Å². The molecule has 28 heavy (non-hydrogen) atoms. The Kier molecular flexibility index (Phi) is 5.80. The fourth-order valence-corrected chi connectivity index (χ4v) is 3.39. The van der Waals surface area contributed by atoms with Crippen molar-refractivity contribution in [1.29, 1.82) is 0 Å². The number of hydrogen-bond donors (Lipinski definition) is 1. The highest BCUT2D eigenvalue weighted by Crippen LogP contribution is 2.25. The number of fused-ring (bicyclic) bond motifs is 1. The number of para-hydroxylation sites is 1. The van der Waals surface area contributed by atoms with Gasteiger partial charge in [0.25, 0.3) is 0 Å². The standard InChI is InChI=1S/C21H19ClN2O4/c1-3-13-5-4-6-16-14(12-25)10-24(20(13)16)11-19(26)23-15-7-8-18(22)17(9-15)21(27)28-2/h4-10,12H,3,11H2,1-2H3,(H,23,26). The molecule has 1 aromatic heterocycles. The molecule has 2 aromatic carbocycles. The van der Waals surface area contributed by atoms with Crippen LogP contribution in [-0.4, -0.2) is 29.8 Å². The molecule has 144 valence electrons. The predicted octanol–water partition coefficient (Wildman–Crippen LogP) is 4.09. The fourth-order valence-electron chi connectivity index (χ4n) is 3.19. The zero-order valence-electron chi connectivity index (χ0n) is 15.5. The minimum Gasteiger partial charge on any atom is -0.465 e. The lowest BCUT2D eigenvalue weighted by Gasteiger charge is -2.11. The third kappa shape index (κ3) is 3.77. The van der Waals surface area contributed by atoms with Crippen molar-refractivity contribution in [3.63, 3.8) is 0 Å². The van der Waals surface area contributed by atoms with Crippen molar-refractivity contribution in [1.82, 2.24) is 4.57 Å². The second kappa shape index (κ2) is 8.27. The molecule has 0 aliphatic rings. The first-order valence-electron chi connectivity index (χ1n) is 8.72. The van der Waals surface area contributed by atoms with E-state index in [4.69, 9.17) is 11.6 Å². The molecule has 0 aliphatic carbocycles. The number of methoxy groups -OCH3 is 1. The number of halogens is 1. The van der Waals surface area contributed by atoms with E-state index in [0.717, 1.165) is 29.2 Å². The first-order valence-corrected chi connectivity index (χ1v) is 9.09. The van der Waals surface area contributed by atoms with Gasteiger partial charge in [-0.15, -0.1) is 0 Å². The Balaban J connectivity index is 1.88. The number of aromatic nitrogens is 1. The number of aryl methyl sites for hydroxylation is 1. The van der Waals surface area contributed by atoms with E-state index in [9.17, 15) is 14.4 Å². The lowest BCUT2D eigenvalue weighted by atomic mass is 10.1. The van der Waals surface area contributed by atoms with Crippen LogP contribution in [0.1, 0.15) is 33.2 Å². The van der Waals surface area contributed by atoms with E-state index in [2.05, 4.69) is 10.1 Å². The van der Waals surface area contributed by atoms with Crippen LogP contribution in [0, 0.1) is 0 Å². The van der Waals surface area contributed by atoms with Crippen LogP contribution in [0.3, 0.4) is 0 Å². The molecule has 0 spiro atoms. The van der Waals surface area contributed by atoms with Gasteiger partial charge in [-0.05, 0) is 30.2 Å². The van der Waals surface area contributed by atoms with Crippen molar-refractivity contribution in [2.45, 2.75) is 19.9 Å². The van der Waals surface area contributed by atoms with Crippen LogP contribution in [-0.2, 0) is 22.5 Å². The molecule has 7 heteroatoms. The van der Waals surface area contributed by atoms with Crippen molar-refractivity contribution in [3.8, 4) is 0 Å². The first-order chi connectivity index (χ1) is 13.5. The fraction of sp³-hybridized carbons (Fsp3) is 0.190. The molecule has 1 heterocycles. The van der Waals surface area contributed by atoms with Crippen LogP contribution in [0.4, 0.5) is 5.69 Å². The molecule has 0 atom stereocenters. The molecule has 0 bridgehead atoms. The molecule has 0 unspecified atom stereocenters. The number of aldehydes is 1. The van der Waals surface area contributed by atoms with Gasteiger partial charge in [0.2, 0.25) is 5.91 Å². The Labute approximate surface area is 167 Å². The smallest absolute Gasteiger partial charge is 0.339 e. The highest BCUT2D eigenvalue weighted by atomic mass is 35.5. The van der Waals surface area contributed by atoms with Crippen molar-refractivity contribution < 1.29 is 19.1 Å². The lowest BCUT2D eigenvalue weighted by molar-refractivity contribution is -0.116. The van der Waals surface area contributed by atoms with Crippen LogP contribution in [0.25, 0.3) is 10.9 Å². The number of carbonyl (C=O) groups is 3. The number of rotatable bonds is 6. The number of nitrogens with zero attached hydrogens (tertiary/aromatic N) is 1. The maximum Gasteiger partial charge on any atom is 0.339 e. The average molecular weight is 399 g/mol. The highest BCUT2D eigenvalue weighted by Gasteiger charge is 2.15. The number of carbonyl (C=O) groups excluding carboxylic acids is 3. The lowest BCUT2D eigenvalue weighted by Crippen LogP contribution is -2.19. The third-order valence-corrected chi connectivity index (χ3v) is 4.82. The summed E-state index contributed by atoms with van der Waals surface area (Å²) in [7, 11) is 1.26. The Hall–Kier alpha value is -3.12. The van der Waals surface area contributed by atoms with Gasteiger partial charge in [0.15, 0.2) is 6.29 Å².